The van der Waals surface area contributed by atoms with Gasteiger partial charge in [-0.2, -0.15) is 0 Å². The van der Waals surface area contributed by atoms with Crippen molar-refractivity contribution in [2.45, 2.75) is 50.1 Å². The second-order valence-electron chi connectivity index (χ2n) is 7.46. The summed E-state index contributed by atoms with van der Waals surface area (Å²) in [6.07, 6.45) is 1.89. The van der Waals surface area contributed by atoms with Crippen molar-refractivity contribution >= 4 is 27.3 Å². The molecule has 10 heteroatoms. The number of nitrogens with one attached hydrogen (secondary N) is 2. The first-order chi connectivity index (χ1) is 11.9. The highest BCUT2D eigenvalue weighted by Crippen LogP contribution is 2.30. The monoisotopic (exact) mass is 384 g/mol. The summed E-state index contributed by atoms with van der Waals surface area (Å²) in [6, 6.07) is 3.85. The van der Waals surface area contributed by atoms with E-state index in [0.717, 1.165) is 18.9 Å². The fraction of sp³-hybridized carbons (Fsp3) is 0.562. The van der Waals surface area contributed by atoms with Crippen molar-refractivity contribution in [3.05, 3.63) is 28.3 Å². The Labute approximate surface area is 153 Å². The molecule has 9 nitrogen and oxygen atoms in total. The van der Waals surface area contributed by atoms with Crippen LogP contribution in [0.4, 0.5) is 11.4 Å². The van der Waals surface area contributed by atoms with Crippen molar-refractivity contribution in [2.75, 3.05) is 18.5 Å². The van der Waals surface area contributed by atoms with Gasteiger partial charge in [0.1, 0.15) is 5.69 Å². The van der Waals surface area contributed by atoms with Crippen molar-refractivity contribution < 1.29 is 18.1 Å². The van der Waals surface area contributed by atoms with E-state index in [0.29, 0.717) is 0 Å². The highest BCUT2D eigenvalue weighted by Gasteiger charge is 2.28. The van der Waals surface area contributed by atoms with Crippen LogP contribution in [0.15, 0.2) is 23.1 Å². The quantitative estimate of drug-likeness (QED) is 0.541. The number of amides is 1. The normalized spacial score (nSPS) is 14.8. The third kappa shape index (κ3) is 5.40. The van der Waals surface area contributed by atoms with Crippen LogP contribution < -0.4 is 14.9 Å². The molecule has 0 saturated heterocycles. The number of anilines is 1. The summed E-state index contributed by atoms with van der Waals surface area (Å²) in [4.78, 5) is 23.9. The lowest BCUT2D eigenvalue weighted by Crippen LogP contribution is -2.40. The minimum absolute atomic E-state index is 0.0519. The number of likely N-dealkylation sites (N-methyl/N-ethyl adjacent to an activating group) is 1. The Balaban J connectivity index is 2.27. The first kappa shape index (κ1) is 20.1. The van der Waals surface area contributed by atoms with Gasteiger partial charge in [-0.25, -0.2) is 13.1 Å². The first-order valence-electron chi connectivity index (χ1n) is 8.22. The average Bonchev–Trinajstić information content (AvgIpc) is 3.27. The lowest BCUT2D eigenvalue weighted by molar-refractivity contribution is -0.384. The van der Waals surface area contributed by atoms with Crippen molar-refractivity contribution in [1.82, 2.24) is 10.0 Å². The number of rotatable bonds is 7. The number of hydrogen-bond acceptors (Lipinski definition) is 6. The van der Waals surface area contributed by atoms with Gasteiger partial charge in [-0.1, -0.05) is 0 Å². The fourth-order valence-electron chi connectivity index (χ4n) is 2.40. The number of carbonyl (C=O) groups excluding carboxylic acids is 1. The standard InChI is InChI=1S/C16H24N4O5S/c1-16(2,3)18-26(24,25)12-7-8-13(14(9-12)20(22)23)19(4)10-15(21)17-11-5-6-11/h7-9,11,18H,5-6,10H2,1-4H3,(H,17,21). The van der Waals surface area contributed by atoms with Gasteiger partial charge in [-0.3, -0.25) is 14.9 Å². The Morgan fingerprint density at radius 2 is 1.96 bits per heavy atom. The predicted molar refractivity (Wildman–Crippen MR) is 97.6 cm³/mol. The molecule has 1 saturated carbocycles. The number of carbonyl (C=O) groups is 1. The third-order valence-electron chi connectivity index (χ3n) is 3.63. The molecule has 0 spiro atoms. The Hall–Kier alpha value is -2.20. The minimum Gasteiger partial charge on any atom is -0.360 e. The van der Waals surface area contributed by atoms with E-state index in [9.17, 15) is 23.3 Å². The maximum absolute atomic E-state index is 12.4. The molecule has 0 unspecified atom stereocenters. The molecule has 1 aromatic rings. The lowest BCUT2D eigenvalue weighted by atomic mass is 10.1. The van der Waals surface area contributed by atoms with E-state index in [2.05, 4.69) is 10.0 Å². The van der Waals surface area contributed by atoms with Gasteiger partial charge in [0.05, 0.1) is 16.4 Å². The zero-order chi connectivity index (χ0) is 19.7. The van der Waals surface area contributed by atoms with Crippen molar-refractivity contribution in [3.8, 4) is 0 Å². The number of nitro groups is 1. The smallest absolute Gasteiger partial charge is 0.293 e. The van der Waals surface area contributed by atoms with Gasteiger partial charge in [-0.15, -0.1) is 0 Å². The zero-order valence-electron chi connectivity index (χ0n) is 15.3. The van der Waals surface area contributed by atoms with Crippen molar-refractivity contribution in [1.29, 1.82) is 0 Å². The molecule has 1 aliphatic rings. The molecule has 0 aromatic heterocycles. The summed E-state index contributed by atoms with van der Waals surface area (Å²) in [6.45, 7) is 4.99. The van der Waals surface area contributed by atoms with Gasteiger partial charge in [0.2, 0.25) is 15.9 Å². The van der Waals surface area contributed by atoms with Crippen LogP contribution in [-0.2, 0) is 14.8 Å². The molecular weight excluding hydrogens is 360 g/mol. The van der Waals surface area contributed by atoms with E-state index < -0.39 is 20.5 Å². The zero-order valence-corrected chi connectivity index (χ0v) is 16.1. The van der Waals surface area contributed by atoms with Crippen LogP contribution in [0, 0.1) is 10.1 Å². The largest absolute Gasteiger partial charge is 0.360 e. The first-order valence-corrected chi connectivity index (χ1v) is 9.70. The van der Waals surface area contributed by atoms with Gasteiger partial charge in [0.25, 0.3) is 5.69 Å². The molecule has 1 aliphatic carbocycles. The molecular formula is C16H24N4O5S. The molecule has 144 valence electrons. The Bertz CT molecular complexity index is 812. The highest BCUT2D eigenvalue weighted by atomic mass is 32.2. The van der Waals surface area contributed by atoms with E-state index in [-0.39, 0.29) is 34.8 Å². The molecule has 2 rings (SSSR count). The van der Waals surface area contributed by atoms with Gasteiger partial charge < -0.3 is 10.2 Å². The second-order valence-corrected chi connectivity index (χ2v) is 9.14. The van der Waals surface area contributed by atoms with Crippen LogP contribution in [-0.4, -0.2) is 44.4 Å². The molecule has 2 N–H and O–H groups in total. The summed E-state index contributed by atoms with van der Waals surface area (Å²) in [7, 11) is -2.35. The van der Waals surface area contributed by atoms with Crippen LogP contribution in [0.3, 0.4) is 0 Å². The molecule has 1 aromatic carbocycles. The topological polar surface area (TPSA) is 122 Å². The van der Waals surface area contributed by atoms with E-state index in [1.54, 1.807) is 27.8 Å². The van der Waals surface area contributed by atoms with E-state index >= 15 is 0 Å². The average molecular weight is 384 g/mol. The molecule has 1 fully saturated rings. The maximum Gasteiger partial charge on any atom is 0.293 e. The second kappa shape index (κ2) is 7.20. The van der Waals surface area contributed by atoms with E-state index in [4.69, 9.17) is 0 Å². The summed E-state index contributed by atoms with van der Waals surface area (Å²) >= 11 is 0. The number of benzene rings is 1. The van der Waals surface area contributed by atoms with Crippen LogP contribution in [0.5, 0.6) is 0 Å². The summed E-state index contributed by atoms with van der Waals surface area (Å²) in [5.41, 5.74) is -0.913. The SMILES string of the molecule is CN(CC(=O)NC1CC1)c1ccc(S(=O)(=O)NC(C)(C)C)cc1[N+](=O)[O-]. The number of nitrogens with zero attached hydrogens (tertiary/aromatic N) is 2. The minimum atomic E-state index is -3.90. The molecule has 0 heterocycles. The molecule has 26 heavy (non-hydrogen) atoms. The van der Waals surface area contributed by atoms with Crippen LogP contribution in [0.1, 0.15) is 33.6 Å². The summed E-state index contributed by atoms with van der Waals surface area (Å²) in [5, 5.41) is 14.2. The molecule has 0 bridgehead atoms. The number of nitro benzene ring substituents is 1. The van der Waals surface area contributed by atoms with E-state index in [1.807, 2.05) is 0 Å². The fourth-order valence-corrected chi connectivity index (χ4v) is 3.84. The number of hydrogen-bond donors (Lipinski definition) is 2. The highest BCUT2D eigenvalue weighted by molar-refractivity contribution is 7.89. The van der Waals surface area contributed by atoms with Gasteiger partial charge in [0, 0.05) is 24.7 Å². The molecule has 0 radical (unpaired) electrons. The van der Waals surface area contributed by atoms with Gasteiger partial charge >= 0.3 is 0 Å². The van der Waals surface area contributed by atoms with E-state index in [1.165, 1.54) is 17.0 Å². The molecule has 0 aliphatic heterocycles. The predicted octanol–water partition coefficient (Wildman–Crippen LogP) is 1.39. The lowest BCUT2D eigenvalue weighted by Gasteiger charge is -2.21. The van der Waals surface area contributed by atoms with Gasteiger partial charge in [0.15, 0.2) is 0 Å². The molecule has 0 atom stereocenters. The van der Waals surface area contributed by atoms with Gasteiger partial charge in [-0.05, 0) is 45.7 Å². The van der Waals surface area contributed by atoms with Crippen LogP contribution in [0.2, 0.25) is 0 Å². The van der Waals surface area contributed by atoms with Crippen molar-refractivity contribution in [2.24, 2.45) is 0 Å². The third-order valence-corrected chi connectivity index (χ3v) is 5.38. The molecule has 1 amide bonds. The summed E-state index contributed by atoms with van der Waals surface area (Å²) in [5.74, 6) is -0.226. The Kier molecular flexibility index (Phi) is 5.57. The Morgan fingerprint density at radius 3 is 2.46 bits per heavy atom. The summed E-state index contributed by atoms with van der Waals surface area (Å²) < 4.78 is 27.3. The maximum atomic E-state index is 12.4. The van der Waals surface area contributed by atoms with Crippen LogP contribution >= 0.6 is 0 Å². The Morgan fingerprint density at radius 1 is 1.35 bits per heavy atom. The van der Waals surface area contributed by atoms with Crippen LogP contribution in [0.25, 0.3) is 0 Å². The number of sulfonamides is 1. The van der Waals surface area contributed by atoms with Crippen molar-refractivity contribution in [3.63, 3.8) is 0 Å².